The van der Waals surface area contributed by atoms with Crippen LogP contribution in [0.3, 0.4) is 0 Å². The maximum Gasteiger partial charge on any atom is 0.255 e. The van der Waals surface area contributed by atoms with Gasteiger partial charge in [-0.3, -0.25) is 9.20 Å². The zero-order valence-corrected chi connectivity index (χ0v) is 14.5. The Morgan fingerprint density at radius 2 is 1.96 bits per heavy atom. The number of fused-ring (bicyclic) bond motifs is 3. The van der Waals surface area contributed by atoms with Gasteiger partial charge >= 0.3 is 0 Å². The predicted octanol–water partition coefficient (Wildman–Crippen LogP) is 1.93. The van der Waals surface area contributed by atoms with Crippen LogP contribution in [0.25, 0.3) is 5.65 Å². The Kier molecular flexibility index (Phi) is 5.49. The number of carbonyl (C=O) groups excluding carboxylic acids is 1. The molecule has 2 fully saturated rings. The molecule has 4 rings (SSSR count). The second-order valence-corrected chi connectivity index (χ2v) is 6.19. The van der Waals surface area contributed by atoms with Gasteiger partial charge in [0.15, 0.2) is 5.65 Å². The summed E-state index contributed by atoms with van der Waals surface area (Å²) >= 11 is 0. The lowest BCUT2D eigenvalue weighted by molar-refractivity contribution is 0.0681. The zero-order valence-electron chi connectivity index (χ0n) is 12.9. The van der Waals surface area contributed by atoms with Crippen LogP contribution in [0.1, 0.15) is 36.0 Å². The molecule has 2 bridgehead atoms. The number of nitrogens with zero attached hydrogens (tertiary/aromatic N) is 4. The first kappa shape index (κ1) is 18.0. The van der Waals surface area contributed by atoms with Gasteiger partial charge in [0.05, 0.1) is 5.56 Å². The lowest BCUT2D eigenvalue weighted by Gasteiger charge is -2.35. The van der Waals surface area contributed by atoms with Crippen LogP contribution in [-0.2, 0) is 0 Å². The number of nitrogens with one attached hydrogen (secondary N) is 1. The fourth-order valence-electron chi connectivity index (χ4n) is 3.67. The van der Waals surface area contributed by atoms with E-state index in [0.717, 1.165) is 18.5 Å². The van der Waals surface area contributed by atoms with E-state index < -0.39 is 0 Å². The van der Waals surface area contributed by atoms with Crippen molar-refractivity contribution in [2.45, 2.75) is 43.8 Å². The largest absolute Gasteiger partial charge is 0.339 e. The Hall–Kier alpha value is -1.37. The maximum atomic E-state index is 12.7. The Labute approximate surface area is 147 Å². The van der Waals surface area contributed by atoms with Crippen LogP contribution in [0, 0.1) is 0 Å². The number of rotatable bonds is 2. The molecule has 2 saturated heterocycles. The molecule has 8 heteroatoms. The third-order valence-corrected chi connectivity index (χ3v) is 4.85. The monoisotopic (exact) mass is 357 g/mol. The van der Waals surface area contributed by atoms with Crippen LogP contribution >= 0.6 is 24.8 Å². The van der Waals surface area contributed by atoms with Gasteiger partial charge in [0, 0.05) is 31.4 Å². The number of hydrogen-bond acceptors (Lipinski definition) is 4. The molecule has 0 aliphatic carbocycles. The smallest absolute Gasteiger partial charge is 0.255 e. The van der Waals surface area contributed by atoms with Crippen molar-refractivity contribution in [1.82, 2.24) is 24.8 Å². The normalized spacial score (nSPS) is 25.5. The third-order valence-electron chi connectivity index (χ3n) is 4.85. The summed E-state index contributed by atoms with van der Waals surface area (Å²) in [5, 5.41) is 11.4. The highest BCUT2D eigenvalue weighted by atomic mass is 35.5. The van der Waals surface area contributed by atoms with Gasteiger partial charge in [0.25, 0.3) is 5.91 Å². The first-order valence-corrected chi connectivity index (χ1v) is 7.53. The molecule has 2 aromatic heterocycles. The molecule has 23 heavy (non-hydrogen) atoms. The number of hydrogen-bond donors (Lipinski definition) is 1. The first-order chi connectivity index (χ1) is 10.2. The molecule has 2 atom stereocenters. The van der Waals surface area contributed by atoms with Crippen molar-refractivity contribution in [2.75, 3.05) is 7.05 Å². The number of aromatic nitrogens is 3. The molecule has 0 spiro atoms. The fourth-order valence-corrected chi connectivity index (χ4v) is 3.67. The first-order valence-electron chi connectivity index (χ1n) is 7.53. The minimum Gasteiger partial charge on any atom is -0.339 e. The van der Waals surface area contributed by atoms with Crippen LogP contribution in [0.15, 0.2) is 24.7 Å². The van der Waals surface area contributed by atoms with Crippen LogP contribution in [-0.4, -0.2) is 50.6 Å². The van der Waals surface area contributed by atoms with E-state index in [1.54, 1.807) is 10.7 Å². The van der Waals surface area contributed by atoms with E-state index in [1.165, 1.54) is 12.8 Å². The lowest BCUT2D eigenvalue weighted by atomic mass is 9.98. The van der Waals surface area contributed by atoms with Crippen LogP contribution in [0.5, 0.6) is 0 Å². The molecule has 2 aromatic rings. The lowest BCUT2D eigenvalue weighted by Crippen LogP contribution is -2.48. The summed E-state index contributed by atoms with van der Waals surface area (Å²) in [7, 11) is 1.92. The van der Waals surface area contributed by atoms with Gasteiger partial charge in [0.1, 0.15) is 6.33 Å². The van der Waals surface area contributed by atoms with Crippen LogP contribution in [0.4, 0.5) is 0 Å². The summed E-state index contributed by atoms with van der Waals surface area (Å²) in [6.45, 7) is 0. The molecule has 1 amide bonds. The molecular formula is C15H21Cl2N5O. The topological polar surface area (TPSA) is 62.5 Å². The summed E-state index contributed by atoms with van der Waals surface area (Å²) in [6.07, 6.45) is 8.05. The van der Waals surface area contributed by atoms with Gasteiger partial charge in [-0.1, -0.05) is 0 Å². The Bertz CT molecular complexity index is 679. The highest BCUT2D eigenvalue weighted by Gasteiger charge is 2.36. The van der Waals surface area contributed by atoms with E-state index in [1.807, 2.05) is 30.3 Å². The molecule has 126 valence electrons. The van der Waals surface area contributed by atoms with E-state index in [2.05, 4.69) is 15.5 Å². The number of piperidine rings is 1. The van der Waals surface area contributed by atoms with E-state index in [4.69, 9.17) is 0 Å². The molecule has 2 aliphatic heterocycles. The highest BCUT2D eigenvalue weighted by molar-refractivity contribution is 5.94. The molecule has 0 aromatic carbocycles. The van der Waals surface area contributed by atoms with Crippen LogP contribution in [0.2, 0.25) is 0 Å². The van der Waals surface area contributed by atoms with E-state index in [-0.39, 0.29) is 30.7 Å². The third kappa shape index (κ3) is 3.29. The Morgan fingerprint density at radius 1 is 1.26 bits per heavy atom. The van der Waals surface area contributed by atoms with Crippen molar-refractivity contribution in [3.63, 3.8) is 0 Å². The summed E-state index contributed by atoms with van der Waals surface area (Å²) in [5.74, 6) is 0.0805. The van der Waals surface area contributed by atoms with Gasteiger partial charge in [0.2, 0.25) is 0 Å². The second kappa shape index (κ2) is 7.03. The summed E-state index contributed by atoms with van der Waals surface area (Å²) in [5.41, 5.74) is 1.45. The minimum atomic E-state index is 0. The zero-order chi connectivity index (χ0) is 14.4. The van der Waals surface area contributed by atoms with Crippen molar-refractivity contribution in [3.05, 3.63) is 30.2 Å². The van der Waals surface area contributed by atoms with Gasteiger partial charge in [-0.15, -0.1) is 35.0 Å². The molecule has 2 aliphatic rings. The van der Waals surface area contributed by atoms with E-state index in [0.29, 0.717) is 23.7 Å². The maximum absolute atomic E-state index is 12.7. The number of halogens is 2. The quantitative estimate of drug-likeness (QED) is 0.891. The average Bonchev–Trinajstić information content (AvgIpc) is 3.11. The predicted molar refractivity (Wildman–Crippen MR) is 92.5 cm³/mol. The van der Waals surface area contributed by atoms with Crippen molar-refractivity contribution < 1.29 is 4.79 Å². The van der Waals surface area contributed by atoms with Crippen molar-refractivity contribution in [3.8, 4) is 0 Å². The standard InChI is InChI=1S/C15H19N5O.2ClH/c1-19(13-6-11-3-4-12(7-13)17-11)15(21)10-2-5-14-18-16-9-20(14)8-10;;/h2,5,8-9,11-13,17H,3-4,6-7H2,1H3;2*1H. The van der Waals surface area contributed by atoms with E-state index in [9.17, 15) is 4.79 Å². The molecule has 4 heterocycles. The Balaban J connectivity index is 0.000000960. The second-order valence-electron chi connectivity index (χ2n) is 6.19. The van der Waals surface area contributed by atoms with Crippen molar-refractivity contribution in [2.24, 2.45) is 0 Å². The molecule has 2 unspecified atom stereocenters. The minimum absolute atomic E-state index is 0. The number of carbonyl (C=O) groups is 1. The Morgan fingerprint density at radius 3 is 2.65 bits per heavy atom. The van der Waals surface area contributed by atoms with Gasteiger partial charge in [-0.2, -0.15) is 0 Å². The number of pyridine rings is 1. The van der Waals surface area contributed by atoms with Crippen molar-refractivity contribution in [1.29, 1.82) is 0 Å². The van der Waals surface area contributed by atoms with Gasteiger partial charge in [-0.05, 0) is 37.8 Å². The molecule has 6 nitrogen and oxygen atoms in total. The average molecular weight is 358 g/mol. The SMILES string of the molecule is CN(C(=O)c1ccc2nncn2c1)C1CC2CCC(C1)N2.Cl.Cl. The highest BCUT2D eigenvalue weighted by Crippen LogP contribution is 2.29. The summed E-state index contributed by atoms with van der Waals surface area (Å²) < 4.78 is 1.78. The van der Waals surface area contributed by atoms with Gasteiger partial charge < -0.3 is 10.2 Å². The molecule has 0 saturated carbocycles. The summed E-state index contributed by atoms with van der Waals surface area (Å²) in [4.78, 5) is 14.6. The van der Waals surface area contributed by atoms with Crippen LogP contribution < -0.4 is 5.32 Å². The van der Waals surface area contributed by atoms with E-state index >= 15 is 0 Å². The molecule has 0 radical (unpaired) electrons. The summed E-state index contributed by atoms with van der Waals surface area (Å²) in [6, 6.07) is 5.18. The molecular weight excluding hydrogens is 337 g/mol. The fraction of sp³-hybridized carbons (Fsp3) is 0.533. The molecule has 1 N–H and O–H groups in total. The number of amides is 1. The van der Waals surface area contributed by atoms with Gasteiger partial charge in [-0.25, -0.2) is 0 Å². The van der Waals surface area contributed by atoms with Crippen molar-refractivity contribution >= 4 is 36.4 Å².